The molecular weight excluding hydrogens is 428 g/mol. The lowest BCUT2D eigenvalue weighted by molar-refractivity contribution is 0.0714. The van der Waals surface area contributed by atoms with Crippen molar-refractivity contribution < 1.29 is 9.21 Å². The second kappa shape index (κ2) is 8.47. The number of benzene rings is 1. The van der Waals surface area contributed by atoms with Gasteiger partial charge in [-0.1, -0.05) is 23.7 Å². The molecule has 5 rings (SSSR count). The summed E-state index contributed by atoms with van der Waals surface area (Å²) in [5.41, 5.74) is 2.56. The molecule has 0 N–H and O–H groups in total. The molecule has 1 aliphatic rings. The van der Waals surface area contributed by atoms with E-state index in [0.717, 1.165) is 22.6 Å². The molecule has 0 bridgehead atoms. The number of furan rings is 1. The average molecular weight is 449 g/mol. The zero-order valence-electron chi connectivity index (χ0n) is 17.5. The zero-order valence-corrected chi connectivity index (χ0v) is 18.2. The number of amides is 1. The summed E-state index contributed by atoms with van der Waals surface area (Å²) >= 11 is 6.10. The van der Waals surface area contributed by atoms with Gasteiger partial charge in [-0.05, 0) is 24.3 Å². The SMILES string of the molecule is Cn1ccnc1-c1cnc(N2CCN(C(=O)c3ccco3)CC2)nc1-c1ccc(Cl)cc1. The summed E-state index contributed by atoms with van der Waals surface area (Å²) < 4.78 is 7.19. The van der Waals surface area contributed by atoms with Crippen molar-refractivity contribution in [3.8, 4) is 22.6 Å². The zero-order chi connectivity index (χ0) is 22.1. The lowest BCUT2D eigenvalue weighted by Gasteiger charge is -2.34. The molecule has 8 nitrogen and oxygen atoms in total. The molecule has 0 aliphatic carbocycles. The molecule has 0 saturated carbocycles. The van der Waals surface area contributed by atoms with Crippen LogP contribution in [0.1, 0.15) is 10.6 Å². The number of carbonyl (C=O) groups is 1. The van der Waals surface area contributed by atoms with Gasteiger partial charge in [-0.15, -0.1) is 0 Å². The predicted octanol–water partition coefficient (Wildman–Crippen LogP) is 3.75. The molecule has 4 aromatic rings. The van der Waals surface area contributed by atoms with Crippen molar-refractivity contribution in [2.24, 2.45) is 7.05 Å². The van der Waals surface area contributed by atoms with Crippen molar-refractivity contribution in [2.75, 3.05) is 31.1 Å². The maximum absolute atomic E-state index is 12.5. The number of aromatic nitrogens is 4. The number of carbonyl (C=O) groups excluding carboxylic acids is 1. The molecule has 3 aromatic heterocycles. The minimum Gasteiger partial charge on any atom is -0.459 e. The second-order valence-corrected chi connectivity index (χ2v) is 7.99. The van der Waals surface area contributed by atoms with Crippen LogP contribution >= 0.6 is 11.6 Å². The Kier molecular flexibility index (Phi) is 5.36. The lowest BCUT2D eigenvalue weighted by atomic mass is 10.1. The third-order valence-electron chi connectivity index (χ3n) is 5.54. The number of rotatable bonds is 4. The number of imidazole rings is 1. The molecule has 1 fully saturated rings. The highest BCUT2D eigenvalue weighted by molar-refractivity contribution is 6.30. The van der Waals surface area contributed by atoms with Crippen LogP contribution in [0.3, 0.4) is 0 Å². The van der Waals surface area contributed by atoms with Crippen molar-refractivity contribution in [1.82, 2.24) is 24.4 Å². The highest BCUT2D eigenvalue weighted by Gasteiger charge is 2.26. The molecule has 4 heterocycles. The summed E-state index contributed by atoms with van der Waals surface area (Å²) in [6, 6.07) is 11.0. The molecule has 1 aliphatic heterocycles. The van der Waals surface area contributed by atoms with Gasteiger partial charge in [0.05, 0.1) is 17.5 Å². The van der Waals surface area contributed by atoms with Crippen LogP contribution in [-0.2, 0) is 7.05 Å². The number of aryl methyl sites for hydroxylation is 1. The Morgan fingerprint density at radius 2 is 1.84 bits per heavy atom. The Bertz CT molecular complexity index is 1230. The summed E-state index contributed by atoms with van der Waals surface area (Å²) in [4.78, 5) is 30.4. The molecule has 1 amide bonds. The normalized spacial score (nSPS) is 14.1. The van der Waals surface area contributed by atoms with E-state index >= 15 is 0 Å². The standard InChI is InChI=1S/C23H21ClN6O2/c1-28-9-8-25-21(28)18-15-26-23(27-20(18)16-4-6-17(24)7-5-16)30-12-10-29(11-13-30)22(31)19-3-2-14-32-19/h2-9,14-15H,10-13H2,1H3. The van der Waals surface area contributed by atoms with E-state index < -0.39 is 0 Å². The van der Waals surface area contributed by atoms with Gasteiger partial charge in [-0.2, -0.15) is 0 Å². The molecule has 0 spiro atoms. The first-order valence-corrected chi connectivity index (χ1v) is 10.7. The topological polar surface area (TPSA) is 80.3 Å². The van der Waals surface area contributed by atoms with E-state index in [1.165, 1.54) is 6.26 Å². The van der Waals surface area contributed by atoms with Gasteiger partial charge in [0.1, 0.15) is 5.82 Å². The van der Waals surface area contributed by atoms with E-state index in [2.05, 4.69) is 14.9 Å². The van der Waals surface area contributed by atoms with E-state index in [-0.39, 0.29) is 5.91 Å². The van der Waals surface area contributed by atoms with Gasteiger partial charge < -0.3 is 18.8 Å². The Labute approximate surface area is 190 Å². The fraction of sp³-hybridized carbons (Fsp3) is 0.217. The average Bonchev–Trinajstić information content (AvgIpc) is 3.51. The fourth-order valence-electron chi connectivity index (χ4n) is 3.81. The first kappa shape index (κ1) is 20.3. The molecule has 0 atom stereocenters. The number of piperazine rings is 1. The summed E-state index contributed by atoms with van der Waals surface area (Å²) in [6.45, 7) is 2.41. The molecule has 1 saturated heterocycles. The smallest absolute Gasteiger partial charge is 0.289 e. The second-order valence-electron chi connectivity index (χ2n) is 7.56. The van der Waals surface area contributed by atoms with Crippen LogP contribution in [0.5, 0.6) is 0 Å². The third-order valence-corrected chi connectivity index (χ3v) is 5.79. The van der Waals surface area contributed by atoms with Crippen molar-refractivity contribution in [1.29, 1.82) is 0 Å². The van der Waals surface area contributed by atoms with Crippen LogP contribution in [0, 0.1) is 0 Å². The Morgan fingerprint density at radius 3 is 2.50 bits per heavy atom. The summed E-state index contributed by atoms with van der Waals surface area (Å²) in [5.74, 6) is 1.68. The minimum absolute atomic E-state index is 0.0949. The van der Waals surface area contributed by atoms with Crippen LogP contribution < -0.4 is 4.90 Å². The first-order chi connectivity index (χ1) is 15.6. The molecule has 0 unspecified atom stereocenters. The van der Waals surface area contributed by atoms with Crippen molar-refractivity contribution >= 4 is 23.5 Å². The van der Waals surface area contributed by atoms with Crippen LogP contribution in [0.15, 0.2) is 65.7 Å². The largest absolute Gasteiger partial charge is 0.459 e. The number of anilines is 1. The Balaban J connectivity index is 1.43. The van der Waals surface area contributed by atoms with Crippen LogP contribution in [-0.4, -0.2) is 56.5 Å². The predicted molar refractivity (Wildman–Crippen MR) is 122 cm³/mol. The van der Waals surface area contributed by atoms with Gasteiger partial charge in [0.15, 0.2) is 5.76 Å². The first-order valence-electron chi connectivity index (χ1n) is 10.3. The van der Waals surface area contributed by atoms with Crippen LogP contribution in [0.4, 0.5) is 5.95 Å². The van der Waals surface area contributed by atoms with Gasteiger partial charge >= 0.3 is 0 Å². The van der Waals surface area contributed by atoms with E-state index in [1.807, 2.05) is 48.3 Å². The van der Waals surface area contributed by atoms with E-state index in [1.54, 1.807) is 23.2 Å². The molecular formula is C23H21ClN6O2. The van der Waals surface area contributed by atoms with Gasteiger partial charge in [0.25, 0.3) is 5.91 Å². The molecule has 162 valence electrons. The minimum atomic E-state index is -0.0949. The van der Waals surface area contributed by atoms with Crippen molar-refractivity contribution in [3.05, 3.63) is 72.0 Å². The fourth-order valence-corrected chi connectivity index (χ4v) is 3.93. The highest BCUT2D eigenvalue weighted by Crippen LogP contribution is 2.31. The number of nitrogens with zero attached hydrogens (tertiary/aromatic N) is 6. The Morgan fingerprint density at radius 1 is 1.06 bits per heavy atom. The quantitative estimate of drug-likeness (QED) is 0.473. The summed E-state index contributed by atoms with van der Waals surface area (Å²) in [5, 5.41) is 0.666. The lowest BCUT2D eigenvalue weighted by Crippen LogP contribution is -2.49. The van der Waals surface area contributed by atoms with Gasteiger partial charge in [0, 0.05) is 62.4 Å². The van der Waals surface area contributed by atoms with E-state index in [9.17, 15) is 4.79 Å². The molecule has 0 radical (unpaired) electrons. The number of hydrogen-bond acceptors (Lipinski definition) is 6. The molecule has 1 aromatic carbocycles. The van der Waals surface area contributed by atoms with Crippen molar-refractivity contribution in [2.45, 2.75) is 0 Å². The number of halogens is 1. The Hall–Kier alpha value is -3.65. The molecule has 9 heteroatoms. The van der Waals surface area contributed by atoms with Crippen LogP contribution in [0.2, 0.25) is 5.02 Å². The maximum atomic E-state index is 12.5. The van der Waals surface area contributed by atoms with E-state index in [4.69, 9.17) is 21.0 Å². The monoisotopic (exact) mass is 448 g/mol. The van der Waals surface area contributed by atoms with Gasteiger partial charge in [0.2, 0.25) is 5.95 Å². The maximum Gasteiger partial charge on any atom is 0.289 e. The van der Waals surface area contributed by atoms with E-state index in [0.29, 0.717) is 42.9 Å². The summed E-state index contributed by atoms with van der Waals surface area (Å²) in [7, 11) is 1.94. The van der Waals surface area contributed by atoms with Crippen molar-refractivity contribution in [3.63, 3.8) is 0 Å². The van der Waals surface area contributed by atoms with Gasteiger partial charge in [-0.3, -0.25) is 4.79 Å². The summed E-state index contributed by atoms with van der Waals surface area (Å²) in [6.07, 6.45) is 6.97. The number of hydrogen-bond donors (Lipinski definition) is 0. The highest BCUT2D eigenvalue weighted by atomic mass is 35.5. The molecule has 32 heavy (non-hydrogen) atoms. The van der Waals surface area contributed by atoms with Crippen LogP contribution in [0.25, 0.3) is 22.6 Å². The van der Waals surface area contributed by atoms with Gasteiger partial charge in [-0.25, -0.2) is 15.0 Å². The third kappa shape index (κ3) is 3.85.